The molecular formula is C20H13ClN4O2. The number of halogens is 1. The number of para-hydroxylation sites is 2. The summed E-state index contributed by atoms with van der Waals surface area (Å²) in [5.74, 6) is 0.792. The maximum absolute atomic E-state index is 10.9. The van der Waals surface area contributed by atoms with Crippen molar-refractivity contribution in [3.63, 3.8) is 0 Å². The van der Waals surface area contributed by atoms with E-state index in [1.165, 1.54) is 0 Å². The molecule has 1 aromatic carbocycles. The van der Waals surface area contributed by atoms with Gasteiger partial charge >= 0.3 is 0 Å². The van der Waals surface area contributed by atoms with E-state index in [-0.39, 0.29) is 5.88 Å². The third-order valence-electron chi connectivity index (χ3n) is 4.41. The van der Waals surface area contributed by atoms with Crippen LogP contribution in [-0.4, -0.2) is 24.5 Å². The SMILES string of the molecule is Oc1c(Cc2ccco2)nc2c(-c3ccnc(Cl)c3)nc3ccccc3n12. The quantitative estimate of drug-likeness (QED) is 0.469. The number of hydrogen-bond acceptors (Lipinski definition) is 5. The molecule has 0 atom stereocenters. The molecule has 0 bridgehead atoms. The van der Waals surface area contributed by atoms with Gasteiger partial charge in [0.2, 0.25) is 5.88 Å². The first-order valence-electron chi connectivity index (χ1n) is 8.34. The average molecular weight is 377 g/mol. The summed E-state index contributed by atoms with van der Waals surface area (Å²) in [4.78, 5) is 13.5. The summed E-state index contributed by atoms with van der Waals surface area (Å²) in [6, 6.07) is 14.8. The molecule has 7 heteroatoms. The van der Waals surface area contributed by atoms with Crippen molar-refractivity contribution >= 4 is 28.3 Å². The van der Waals surface area contributed by atoms with Crippen LogP contribution in [-0.2, 0) is 6.42 Å². The Morgan fingerprint density at radius 1 is 1.07 bits per heavy atom. The summed E-state index contributed by atoms with van der Waals surface area (Å²) in [5, 5.41) is 11.3. The largest absolute Gasteiger partial charge is 0.493 e. The van der Waals surface area contributed by atoms with Crippen molar-refractivity contribution in [3.8, 4) is 17.1 Å². The molecule has 5 aromatic rings. The zero-order valence-corrected chi connectivity index (χ0v) is 14.8. The monoisotopic (exact) mass is 376 g/mol. The summed E-state index contributed by atoms with van der Waals surface area (Å²) >= 11 is 6.07. The Labute approximate surface area is 158 Å². The molecule has 6 nitrogen and oxygen atoms in total. The highest BCUT2D eigenvalue weighted by Gasteiger charge is 2.20. The van der Waals surface area contributed by atoms with Gasteiger partial charge in [0.25, 0.3) is 0 Å². The highest BCUT2D eigenvalue weighted by molar-refractivity contribution is 6.29. The zero-order valence-electron chi connectivity index (χ0n) is 14.0. The number of hydrogen-bond donors (Lipinski definition) is 1. The van der Waals surface area contributed by atoms with Crippen molar-refractivity contribution in [2.24, 2.45) is 0 Å². The lowest BCUT2D eigenvalue weighted by Gasteiger charge is -2.08. The third-order valence-corrected chi connectivity index (χ3v) is 4.62. The van der Waals surface area contributed by atoms with E-state index in [0.29, 0.717) is 28.6 Å². The molecule has 0 aliphatic rings. The first-order chi connectivity index (χ1) is 13.2. The third kappa shape index (κ3) is 2.62. The van der Waals surface area contributed by atoms with E-state index < -0.39 is 0 Å². The summed E-state index contributed by atoms with van der Waals surface area (Å²) in [5.41, 5.74) is 3.98. The Morgan fingerprint density at radius 2 is 1.96 bits per heavy atom. The normalized spacial score (nSPS) is 11.4. The lowest BCUT2D eigenvalue weighted by atomic mass is 10.2. The number of imidazole rings is 1. The molecule has 132 valence electrons. The van der Waals surface area contributed by atoms with Crippen LogP contribution in [0, 0.1) is 0 Å². The van der Waals surface area contributed by atoms with Crippen LogP contribution < -0.4 is 0 Å². The van der Waals surface area contributed by atoms with Crippen LogP contribution in [0.1, 0.15) is 11.5 Å². The summed E-state index contributed by atoms with van der Waals surface area (Å²) in [7, 11) is 0. The number of pyridine rings is 1. The highest BCUT2D eigenvalue weighted by atomic mass is 35.5. The highest BCUT2D eigenvalue weighted by Crippen LogP contribution is 2.32. The van der Waals surface area contributed by atoms with Crippen molar-refractivity contribution in [3.05, 3.63) is 77.6 Å². The molecule has 0 aliphatic carbocycles. The topological polar surface area (TPSA) is 76.5 Å². The van der Waals surface area contributed by atoms with Crippen molar-refractivity contribution in [1.29, 1.82) is 0 Å². The molecule has 0 unspecified atom stereocenters. The maximum Gasteiger partial charge on any atom is 0.220 e. The van der Waals surface area contributed by atoms with Gasteiger partial charge in [0, 0.05) is 11.8 Å². The van der Waals surface area contributed by atoms with Crippen LogP contribution in [0.15, 0.2) is 65.4 Å². The minimum atomic E-state index is 0.0707. The molecule has 0 saturated heterocycles. The fraction of sp³-hybridized carbons (Fsp3) is 0.0500. The van der Waals surface area contributed by atoms with Crippen LogP contribution in [0.5, 0.6) is 5.88 Å². The van der Waals surface area contributed by atoms with E-state index in [1.54, 1.807) is 22.9 Å². The molecule has 0 aliphatic heterocycles. The van der Waals surface area contributed by atoms with Gasteiger partial charge in [-0.2, -0.15) is 0 Å². The van der Waals surface area contributed by atoms with E-state index in [4.69, 9.17) is 21.0 Å². The van der Waals surface area contributed by atoms with E-state index in [0.717, 1.165) is 22.4 Å². The van der Waals surface area contributed by atoms with Gasteiger partial charge in [0.1, 0.15) is 22.3 Å². The van der Waals surface area contributed by atoms with Gasteiger partial charge in [-0.3, -0.25) is 4.40 Å². The smallest absolute Gasteiger partial charge is 0.220 e. The van der Waals surface area contributed by atoms with Gasteiger partial charge in [0.05, 0.1) is 23.7 Å². The Balaban J connectivity index is 1.83. The summed E-state index contributed by atoms with van der Waals surface area (Å²) in [6.45, 7) is 0. The molecule has 5 rings (SSSR count). The molecule has 0 fully saturated rings. The van der Waals surface area contributed by atoms with Crippen molar-refractivity contribution < 1.29 is 9.52 Å². The lowest BCUT2D eigenvalue weighted by molar-refractivity contribution is 0.440. The second-order valence-electron chi connectivity index (χ2n) is 6.11. The summed E-state index contributed by atoms with van der Waals surface area (Å²) < 4.78 is 7.12. The fourth-order valence-electron chi connectivity index (χ4n) is 3.20. The fourth-order valence-corrected chi connectivity index (χ4v) is 3.38. The zero-order chi connectivity index (χ0) is 18.4. The standard InChI is InChI=1S/C20H13ClN4O2/c21-17-10-12(7-8-22-17)18-19-24-15(11-13-4-3-9-27-13)20(26)25(19)16-6-2-1-5-14(16)23-18/h1-10,26H,11H2. The number of furan rings is 1. The number of benzene rings is 1. The van der Waals surface area contributed by atoms with Crippen LogP contribution in [0.2, 0.25) is 5.15 Å². The van der Waals surface area contributed by atoms with Crippen LogP contribution in [0.3, 0.4) is 0 Å². The maximum atomic E-state index is 10.9. The Hall–Kier alpha value is -3.38. The molecule has 4 heterocycles. The van der Waals surface area contributed by atoms with Crippen LogP contribution >= 0.6 is 11.6 Å². The second kappa shape index (κ2) is 6.10. The molecular weight excluding hydrogens is 364 g/mol. The van der Waals surface area contributed by atoms with Gasteiger partial charge < -0.3 is 9.52 Å². The molecule has 0 radical (unpaired) electrons. The predicted octanol–water partition coefficient (Wildman–Crippen LogP) is 4.49. The first kappa shape index (κ1) is 15.8. The minimum Gasteiger partial charge on any atom is -0.493 e. The van der Waals surface area contributed by atoms with Crippen molar-refractivity contribution in [2.45, 2.75) is 6.42 Å². The van der Waals surface area contributed by atoms with E-state index in [1.807, 2.05) is 42.5 Å². The Kier molecular flexibility index (Phi) is 3.58. The Morgan fingerprint density at radius 3 is 2.78 bits per heavy atom. The van der Waals surface area contributed by atoms with Crippen LogP contribution in [0.25, 0.3) is 27.9 Å². The molecule has 4 aromatic heterocycles. The molecule has 0 saturated carbocycles. The first-order valence-corrected chi connectivity index (χ1v) is 8.72. The van der Waals surface area contributed by atoms with E-state index in [9.17, 15) is 5.11 Å². The number of rotatable bonds is 3. The number of nitrogens with zero attached hydrogens (tertiary/aromatic N) is 4. The van der Waals surface area contributed by atoms with Crippen molar-refractivity contribution in [1.82, 2.24) is 19.4 Å². The average Bonchev–Trinajstić information content (AvgIpc) is 3.30. The van der Waals surface area contributed by atoms with Crippen LogP contribution in [0.4, 0.5) is 0 Å². The summed E-state index contributed by atoms with van der Waals surface area (Å²) in [6.07, 6.45) is 3.60. The molecule has 1 N–H and O–H groups in total. The second-order valence-corrected chi connectivity index (χ2v) is 6.50. The lowest BCUT2D eigenvalue weighted by Crippen LogP contribution is -1.96. The molecule has 0 amide bonds. The number of aromatic hydroxyl groups is 1. The van der Waals surface area contributed by atoms with Gasteiger partial charge in [-0.15, -0.1) is 0 Å². The minimum absolute atomic E-state index is 0.0707. The van der Waals surface area contributed by atoms with Gasteiger partial charge in [-0.25, -0.2) is 15.0 Å². The van der Waals surface area contributed by atoms with Gasteiger partial charge in [-0.05, 0) is 36.4 Å². The molecule has 0 spiro atoms. The number of aromatic nitrogens is 4. The molecule has 27 heavy (non-hydrogen) atoms. The van der Waals surface area contributed by atoms with E-state index in [2.05, 4.69) is 9.97 Å². The van der Waals surface area contributed by atoms with E-state index >= 15 is 0 Å². The number of fused-ring (bicyclic) bond motifs is 3. The predicted molar refractivity (Wildman–Crippen MR) is 102 cm³/mol. The van der Waals surface area contributed by atoms with Gasteiger partial charge in [-0.1, -0.05) is 23.7 Å². The Bertz CT molecular complexity index is 1280. The van der Waals surface area contributed by atoms with Gasteiger partial charge in [0.15, 0.2) is 5.65 Å². The van der Waals surface area contributed by atoms with Crippen molar-refractivity contribution in [2.75, 3.05) is 0 Å².